The number of fused-ring (bicyclic) bond motifs is 8. The molecule has 66 heavy (non-hydrogen) atoms. The van der Waals surface area contributed by atoms with Gasteiger partial charge in [-0.3, -0.25) is 15.0 Å². The van der Waals surface area contributed by atoms with Crippen molar-refractivity contribution < 1.29 is 30.0 Å². The number of pyridine rings is 1. The predicted molar refractivity (Wildman–Crippen MR) is 265 cm³/mol. The molecule has 0 N–H and O–H groups in total. The minimum absolute atomic E-state index is 0. The summed E-state index contributed by atoms with van der Waals surface area (Å²) < 4.78 is 7.06. The van der Waals surface area contributed by atoms with E-state index in [2.05, 4.69) is 196 Å². The van der Waals surface area contributed by atoms with E-state index >= 15 is 0 Å². The van der Waals surface area contributed by atoms with Crippen molar-refractivity contribution in [2.24, 2.45) is 0 Å². The molecule has 0 atom stereocenters. The van der Waals surface area contributed by atoms with E-state index in [1.165, 1.54) is 65.3 Å². The van der Waals surface area contributed by atoms with E-state index in [4.69, 9.17) is 9.97 Å². The summed E-state index contributed by atoms with van der Waals surface area (Å²) in [5, 5.41) is 17.0. The zero-order chi connectivity index (χ0) is 43.7. The molecule has 0 aliphatic rings. The third kappa shape index (κ3) is 8.08. The molecule has 10 heteroatoms. The second-order valence-corrected chi connectivity index (χ2v) is 17.2. The zero-order valence-electron chi connectivity index (χ0n) is 34.8. The Balaban J connectivity index is 0.000000129. The van der Waals surface area contributed by atoms with E-state index in [0.717, 1.165) is 43.6 Å². The van der Waals surface area contributed by atoms with Gasteiger partial charge in [0.1, 0.15) is 0 Å². The zero-order valence-corrected chi connectivity index (χ0v) is 38.9. The fourth-order valence-electron chi connectivity index (χ4n) is 8.23. The van der Waals surface area contributed by atoms with Crippen LogP contribution < -0.4 is 5.11 Å². The Labute approximate surface area is 400 Å². The normalized spacial score (nSPS) is 11.0. The van der Waals surface area contributed by atoms with Gasteiger partial charge >= 0.3 is 20.1 Å². The van der Waals surface area contributed by atoms with Crippen LogP contribution in [0.3, 0.4) is 0 Å². The minimum atomic E-state index is -1.24. The first-order valence-corrected chi connectivity index (χ1v) is 22.6. The van der Waals surface area contributed by atoms with Gasteiger partial charge in [-0.1, -0.05) is 114 Å². The van der Waals surface area contributed by atoms with Crippen LogP contribution in [0.2, 0.25) is 0 Å². The number of benzene rings is 8. The quantitative estimate of drug-likeness (QED) is 0.160. The van der Waals surface area contributed by atoms with Crippen molar-refractivity contribution in [1.29, 1.82) is 0 Å². The van der Waals surface area contributed by atoms with Crippen LogP contribution in [0.5, 0.6) is 0 Å². The number of hydrogen-bond acceptors (Lipinski definition) is 7. The predicted octanol–water partition coefficient (Wildman–Crippen LogP) is 13.2. The van der Waals surface area contributed by atoms with E-state index in [-0.39, 0.29) is 25.8 Å². The molecule has 0 fully saturated rings. The first-order chi connectivity index (χ1) is 32.1. The largest absolute Gasteiger partial charge is 3.00 e. The SMILES string of the molecule is O=C([O-])c1ccccn1.[Ir+3].[c-]1cc2c3ccccc3n(-c3ccccc3)c2cc1-c1nc2ccccc2s1.[c-]1cc2c3ccccc3n(-c3ccccc3)c2cc1-c1nc2ccccc2s1. The Morgan fingerprint density at radius 2 is 0.894 bits per heavy atom. The van der Waals surface area contributed by atoms with Crippen molar-refractivity contribution in [2.75, 3.05) is 0 Å². The Bertz CT molecular complexity index is 3530. The van der Waals surface area contributed by atoms with Gasteiger partial charge in [0, 0.05) is 48.0 Å². The number of aromatic carboxylic acids is 1. The van der Waals surface area contributed by atoms with Gasteiger partial charge in [0.15, 0.2) is 0 Å². The molecule has 8 aromatic carbocycles. The van der Waals surface area contributed by atoms with Gasteiger partial charge in [-0.15, -0.1) is 47.5 Å². The summed E-state index contributed by atoms with van der Waals surface area (Å²) in [6.07, 6.45) is 1.41. The molecule has 0 radical (unpaired) electrons. The molecule has 7 nitrogen and oxygen atoms in total. The van der Waals surface area contributed by atoms with Crippen molar-refractivity contribution in [2.45, 2.75) is 0 Å². The van der Waals surface area contributed by atoms with E-state index in [0.29, 0.717) is 0 Å². The Kier molecular flexibility index (Phi) is 11.9. The molecule has 0 spiro atoms. The third-order valence-corrected chi connectivity index (χ3v) is 13.3. The van der Waals surface area contributed by atoms with E-state index < -0.39 is 5.97 Å². The first-order valence-electron chi connectivity index (χ1n) is 20.9. The second-order valence-electron chi connectivity index (χ2n) is 15.1. The van der Waals surface area contributed by atoms with Gasteiger partial charge in [-0.25, -0.2) is 0 Å². The molecule has 0 saturated heterocycles. The molecule has 0 aliphatic carbocycles. The molecule has 0 amide bonds. The fraction of sp³-hybridized carbons (Fsp3) is 0. The topological polar surface area (TPSA) is 88.7 Å². The molecule has 316 valence electrons. The summed E-state index contributed by atoms with van der Waals surface area (Å²) in [6.45, 7) is 0. The standard InChI is InChI=1S/2C25H15N2S.C6H5NO2.Ir/c2*1-2-8-18(9-3-1)27-22-12-6-4-10-19(22)20-15-14-17(16-23(20)27)25-26-21-11-5-7-13-24(21)28-25;8-6(9)5-3-1-2-4-7-5;/h2*1-13,15-16H;1-4H,(H,8,9);/q2*-1;;+3/p-1. The molecule has 0 unspecified atom stereocenters. The fourth-order valence-corrected chi connectivity index (χ4v) is 10.1. The van der Waals surface area contributed by atoms with Crippen LogP contribution in [0.1, 0.15) is 10.5 Å². The van der Waals surface area contributed by atoms with Crippen LogP contribution in [0.4, 0.5) is 0 Å². The van der Waals surface area contributed by atoms with Crippen molar-refractivity contribution in [3.63, 3.8) is 0 Å². The Morgan fingerprint density at radius 1 is 0.470 bits per heavy atom. The number of rotatable bonds is 5. The molecule has 0 bridgehead atoms. The summed E-state index contributed by atoms with van der Waals surface area (Å²) in [6, 6.07) is 75.0. The van der Waals surface area contributed by atoms with Gasteiger partial charge in [-0.05, 0) is 94.6 Å². The van der Waals surface area contributed by atoms with E-state index in [1.807, 2.05) is 12.1 Å². The summed E-state index contributed by atoms with van der Waals surface area (Å²) in [5.74, 6) is -1.24. The van der Waals surface area contributed by atoms with Crippen molar-refractivity contribution in [3.8, 4) is 32.5 Å². The van der Waals surface area contributed by atoms with Crippen LogP contribution in [0, 0.1) is 12.1 Å². The van der Waals surface area contributed by atoms with Crippen molar-refractivity contribution in [1.82, 2.24) is 24.1 Å². The first kappa shape index (κ1) is 42.4. The maximum absolute atomic E-state index is 10.0. The number of carboxylic acid groups (broad SMARTS) is 1. The third-order valence-electron chi connectivity index (χ3n) is 11.2. The number of para-hydroxylation sites is 6. The smallest absolute Gasteiger partial charge is 0.543 e. The van der Waals surface area contributed by atoms with E-state index in [9.17, 15) is 9.90 Å². The second kappa shape index (κ2) is 18.5. The maximum Gasteiger partial charge on any atom is 3.00 e. The monoisotopic (exact) mass is 1070 g/mol. The Morgan fingerprint density at radius 3 is 1.32 bits per heavy atom. The van der Waals surface area contributed by atoms with Crippen LogP contribution in [0.15, 0.2) is 206 Å². The molecule has 5 aromatic heterocycles. The number of carbonyl (C=O) groups excluding carboxylic acids is 1. The summed E-state index contributed by atoms with van der Waals surface area (Å²) in [4.78, 5) is 23.2. The maximum atomic E-state index is 10.0. The van der Waals surface area contributed by atoms with Crippen LogP contribution in [-0.2, 0) is 20.1 Å². The van der Waals surface area contributed by atoms with E-state index in [1.54, 1.807) is 34.8 Å². The van der Waals surface area contributed by atoms with Crippen LogP contribution in [0.25, 0.3) is 96.6 Å². The molecule has 13 aromatic rings. The number of thiazole rings is 2. The Hall–Kier alpha value is -7.59. The van der Waals surface area contributed by atoms with Gasteiger partial charge in [0.2, 0.25) is 0 Å². The average molecular weight is 1070 g/mol. The van der Waals surface area contributed by atoms with Gasteiger partial charge in [0.25, 0.3) is 0 Å². The van der Waals surface area contributed by atoms with Crippen LogP contribution >= 0.6 is 22.7 Å². The van der Waals surface area contributed by atoms with Gasteiger partial charge in [-0.2, -0.15) is 22.7 Å². The molecular formula is C56H34IrN5O2S2. The number of carbonyl (C=O) groups is 1. The number of nitrogens with zero attached hydrogens (tertiary/aromatic N) is 5. The van der Waals surface area contributed by atoms with Crippen molar-refractivity contribution in [3.05, 3.63) is 224 Å². The average Bonchev–Trinajstić information content (AvgIpc) is 4.16. The number of carboxylic acids is 1. The minimum Gasteiger partial charge on any atom is -0.543 e. The summed E-state index contributed by atoms with van der Waals surface area (Å²) in [5.41, 5.74) is 11.2. The number of hydrogen-bond donors (Lipinski definition) is 0. The van der Waals surface area contributed by atoms with Crippen LogP contribution in [-0.4, -0.2) is 30.1 Å². The molecule has 0 aliphatic heterocycles. The molecule has 0 saturated carbocycles. The van der Waals surface area contributed by atoms with Crippen molar-refractivity contribution >= 4 is 92.7 Å². The number of aromatic nitrogens is 5. The summed E-state index contributed by atoms with van der Waals surface area (Å²) >= 11 is 3.43. The summed E-state index contributed by atoms with van der Waals surface area (Å²) in [7, 11) is 0. The molecule has 13 rings (SSSR count). The van der Waals surface area contributed by atoms with Gasteiger partial charge in [0.05, 0.1) is 22.7 Å². The van der Waals surface area contributed by atoms with Gasteiger partial charge < -0.3 is 19.0 Å². The molecule has 5 heterocycles. The molecular weight excluding hydrogens is 1030 g/mol.